The average molecular weight is 273 g/mol. The molecular formula is C15H19N3O2. The first-order chi connectivity index (χ1) is 9.69. The van der Waals surface area contributed by atoms with Crippen LogP contribution in [0.3, 0.4) is 0 Å². The van der Waals surface area contributed by atoms with Crippen molar-refractivity contribution in [2.24, 2.45) is 0 Å². The Kier molecular flexibility index (Phi) is 6.83. The monoisotopic (exact) mass is 273 g/mol. The fraction of sp³-hybridized carbons (Fsp3) is 0.400. The molecule has 5 nitrogen and oxygen atoms in total. The second kappa shape index (κ2) is 8.70. The predicted molar refractivity (Wildman–Crippen MR) is 75.8 cm³/mol. The molecule has 1 aromatic rings. The van der Waals surface area contributed by atoms with E-state index >= 15 is 0 Å². The first kappa shape index (κ1) is 15.7. The van der Waals surface area contributed by atoms with E-state index in [1.54, 1.807) is 24.3 Å². The van der Waals surface area contributed by atoms with Crippen LogP contribution in [0.4, 0.5) is 0 Å². The summed E-state index contributed by atoms with van der Waals surface area (Å²) >= 11 is 0. The molecule has 0 aliphatic heterocycles. The Morgan fingerprint density at radius 3 is 2.60 bits per heavy atom. The second-order valence-corrected chi connectivity index (χ2v) is 4.41. The molecule has 0 saturated heterocycles. The molecule has 106 valence electrons. The van der Waals surface area contributed by atoms with Crippen molar-refractivity contribution in [3.63, 3.8) is 0 Å². The molecule has 0 saturated carbocycles. The summed E-state index contributed by atoms with van der Waals surface area (Å²) in [4.78, 5) is 23.9. The molecule has 0 aliphatic carbocycles. The van der Waals surface area contributed by atoms with Gasteiger partial charge >= 0.3 is 0 Å². The van der Waals surface area contributed by atoms with Crippen molar-refractivity contribution in [2.45, 2.75) is 32.2 Å². The van der Waals surface area contributed by atoms with Crippen LogP contribution in [0.1, 0.15) is 36.5 Å². The van der Waals surface area contributed by atoms with Crippen LogP contribution < -0.4 is 10.6 Å². The van der Waals surface area contributed by atoms with Gasteiger partial charge in [-0.25, -0.2) is 0 Å². The first-order valence-electron chi connectivity index (χ1n) is 6.69. The molecule has 0 fully saturated rings. The van der Waals surface area contributed by atoms with Crippen molar-refractivity contribution in [3.05, 3.63) is 35.9 Å². The highest BCUT2D eigenvalue weighted by Gasteiger charge is 2.20. The van der Waals surface area contributed by atoms with Crippen LogP contribution >= 0.6 is 0 Å². The van der Waals surface area contributed by atoms with E-state index in [1.807, 2.05) is 19.1 Å². The molecular weight excluding hydrogens is 254 g/mol. The average Bonchev–Trinajstić information content (AvgIpc) is 2.49. The van der Waals surface area contributed by atoms with Crippen molar-refractivity contribution < 1.29 is 9.59 Å². The van der Waals surface area contributed by atoms with Crippen molar-refractivity contribution >= 4 is 11.8 Å². The summed E-state index contributed by atoms with van der Waals surface area (Å²) in [5, 5.41) is 13.7. The van der Waals surface area contributed by atoms with Gasteiger partial charge in [-0.1, -0.05) is 38.0 Å². The Labute approximate surface area is 119 Å². The Morgan fingerprint density at radius 1 is 1.30 bits per heavy atom. The van der Waals surface area contributed by atoms with Crippen LogP contribution in [0.25, 0.3) is 0 Å². The standard InChI is InChI=1S/C15H19N3O2/c1-2-3-9-13(15(20)17-11-10-16)18-14(19)12-7-5-4-6-8-12/h4-8,13H,2-3,9,11H2,1H3,(H,17,20)(H,18,19). The number of benzene rings is 1. The molecule has 5 heteroatoms. The Bertz CT molecular complexity index is 480. The van der Waals surface area contributed by atoms with Crippen LogP contribution in [0.2, 0.25) is 0 Å². The number of hydrogen-bond acceptors (Lipinski definition) is 3. The zero-order valence-electron chi connectivity index (χ0n) is 11.6. The van der Waals surface area contributed by atoms with Gasteiger partial charge in [0.15, 0.2) is 0 Å². The van der Waals surface area contributed by atoms with Crippen LogP contribution in [0.15, 0.2) is 30.3 Å². The molecule has 1 aromatic carbocycles. The van der Waals surface area contributed by atoms with Crippen LogP contribution in [-0.2, 0) is 4.79 Å². The summed E-state index contributed by atoms with van der Waals surface area (Å²) in [5.41, 5.74) is 0.516. The number of unbranched alkanes of at least 4 members (excludes halogenated alkanes) is 1. The third-order valence-corrected chi connectivity index (χ3v) is 2.85. The summed E-state index contributed by atoms with van der Waals surface area (Å²) in [5.74, 6) is -0.594. The molecule has 0 bridgehead atoms. The first-order valence-corrected chi connectivity index (χ1v) is 6.69. The third kappa shape index (κ3) is 5.11. The lowest BCUT2D eigenvalue weighted by atomic mass is 10.1. The largest absolute Gasteiger partial charge is 0.341 e. The molecule has 20 heavy (non-hydrogen) atoms. The van der Waals surface area contributed by atoms with Gasteiger partial charge in [-0.15, -0.1) is 0 Å². The normalized spacial score (nSPS) is 11.2. The van der Waals surface area contributed by atoms with E-state index in [4.69, 9.17) is 5.26 Å². The molecule has 1 unspecified atom stereocenters. The van der Waals surface area contributed by atoms with Crippen LogP contribution in [0.5, 0.6) is 0 Å². The van der Waals surface area contributed by atoms with Crippen molar-refractivity contribution in [3.8, 4) is 6.07 Å². The molecule has 0 aliphatic rings. The molecule has 0 heterocycles. The van der Waals surface area contributed by atoms with E-state index in [0.29, 0.717) is 12.0 Å². The summed E-state index contributed by atoms with van der Waals surface area (Å²) in [6.45, 7) is 1.96. The minimum Gasteiger partial charge on any atom is -0.341 e. The minimum atomic E-state index is -0.601. The number of hydrogen-bond donors (Lipinski definition) is 2. The van der Waals surface area contributed by atoms with Crippen LogP contribution in [-0.4, -0.2) is 24.4 Å². The van der Waals surface area contributed by atoms with Gasteiger partial charge in [0.2, 0.25) is 5.91 Å². The molecule has 0 spiro atoms. The zero-order chi connectivity index (χ0) is 14.8. The van der Waals surface area contributed by atoms with Gasteiger partial charge in [0.05, 0.1) is 6.07 Å². The maximum absolute atomic E-state index is 12.0. The predicted octanol–water partition coefficient (Wildman–Crippen LogP) is 1.61. The number of carbonyl (C=O) groups is 2. The van der Waals surface area contributed by atoms with Gasteiger partial charge in [0.1, 0.15) is 12.6 Å². The highest BCUT2D eigenvalue weighted by molar-refractivity contribution is 5.97. The maximum atomic E-state index is 12.0. The van der Waals surface area contributed by atoms with Gasteiger partial charge in [0, 0.05) is 5.56 Å². The minimum absolute atomic E-state index is 0.0529. The highest BCUT2D eigenvalue weighted by Crippen LogP contribution is 2.04. The number of amides is 2. The quantitative estimate of drug-likeness (QED) is 0.740. The topological polar surface area (TPSA) is 82.0 Å². The third-order valence-electron chi connectivity index (χ3n) is 2.85. The zero-order valence-corrected chi connectivity index (χ0v) is 11.6. The molecule has 0 radical (unpaired) electrons. The molecule has 1 rings (SSSR count). The van der Waals surface area contributed by atoms with Gasteiger partial charge in [-0.05, 0) is 18.6 Å². The summed E-state index contributed by atoms with van der Waals surface area (Å²) in [7, 11) is 0. The Morgan fingerprint density at radius 2 is 2.00 bits per heavy atom. The fourth-order valence-electron chi connectivity index (χ4n) is 1.76. The summed E-state index contributed by atoms with van der Waals surface area (Å²) in [6, 6.07) is 10.0. The van der Waals surface area contributed by atoms with Crippen LogP contribution in [0, 0.1) is 11.3 Å². The van der Waals surface area contributed by atoms with Crippen molar-refractivity contribution in [1.82, 2.24) is 10.6 Å². The Balaban J connectivity index is 2.66. The van der Waals surface area contributed by atoms with E-state index in [-0.39, 0.29) is 18.4 Å². The second-order valence-electron chi connectivity index (χ2n) is 4.41. The van der Waals surface area contributed by atoms with E-state index in [1.165, 1.54) is 0 Å². The number of nitrogens with one attached hydrogen (secondary N) is 2. The van der Waals surface area contributed by atoms with E-state index in [9.17, 15) is 9.59 Å². The SMILES string of the molecule is CCCCC(NC(=O)c1ccccc1)C(=O)NCC#N. The van der Waals surface area contributed by atoms with Crippen molar-refractivity contribution in [2.75, 3.05) is 6.54 Å². The highest BCUT2D eigenvalue weighted by atomic mass is 16.2. The lowest BCUT2D eigenvalue weighted by Gasteiger charge is -2.17. The molecule has 1 atom stereocenters. The lowest BCUT2D eigenvalue weighted by Crippen LogP contribution is -2.46. The number of nitrogens with zero attached hydrogens (tertiary/aromatic N) is 1. The molecule has 0 aromatic heterocycles. The van der Waals surface area contributed by atoms with Gasteiger partial charge < -0.3 is 10.6 Å². The van der Waals surface area contributed by atoms with E-state index in [0.717, 1.165) is 12.8 Å². The summed E-state index contributed by atoms with van der Waals surface area (Å²) < 4.78 is 0. The Hall–Kier alpha value is -2.35. The molecule has 2 amide bonds. The van der Waals surface area contributed by atoms with Gasteiger partial charge in [-0.2, -0.15) is 5.26 Å². The number of carbonyl (C=O) groups excluding carboxylic acids is 2. The van der Waals surface area contributed by atoms with Gasteiger partial charge in [0.25, 0.3) is 5.91 Å². The molecule has 2 N–H and O–H groups in total. The summed E-state index contributed by atoms with van der Waals surface area (Å²) in [6.07, 6.45) is 2.33. The van der Waals surface area contributed by atoms with E-state index < -0.39 is 6.04 Å². The lowest BCUT2D eigenvalue weighted by molar-refractivity contribution is -0.122. The number of rotatable bonds is 7. The van der Waals surface area contributed by atoms with E-state index in [2.05, 4.69) is 10.6 Å². The van der Waals surface area contributed by atoms with Gasteiger partial charge in [-0.3, -0.25) is 9.59 Å². The van der Waals surface area contributed by atoms with Crippen molar-refractivity contribution in [1.29, 1.82) is 5.26 Å². The number of nitriles is 1. The smallest absolute Gasteiger partial charge is 0.251 e. The maximum Gasteiger partial charge on any atom is 0.251 e. The fourth-order valence-corrected chi connectivity index (χ4v) is 1.76.